The maximum absolute atomic E-state index is 15.1. The van der Waals surface area contributed by atoms with Crippen LogP contribution in [0, 0.1) is 0 Å². The Morgan fingerprint density at radius 2 is 2.09 bits per heavy atom. The molecule has 9 nitrogen and oxygen atoms in total. The lowest BCUT2D eigenvalue weighted by molar-refractivity contribution is -0.00412. The van der Waals surface area contributed by atoms with Gasteiger partial charge in [0.05, 0.1) is 18.9 Å². The Balaban J connectivity index is 1.58. The van der Waals surface area contributed by atoms with Gasteiger partial charge in [-0.2, -0.15) is 10.2 Å². The van der Waals surface area contributed by atoms with Crippen LogP contribution in [-0.4, -0.2) is 56.2 Å². The number of hydrogen-bond acceptors (Lipinski definition) is 5. The van der Waals surface area contributed by atoms with E-state index in [9.17, 15) is 14.7 Å². The molecule has 3 aromatic rings. The Labute approximate surface area is 183 Å². The van der Waals surface area contributed by atoms with Gasteiger partial charge in [0.2, 0.25) is 5.43 Å². The summed E-state index contributed by atoms with van der Waals surface area (Å²) in [6, 6.07) is 8.18. The zero-order valence-corrected chi connectivity index (χ0v) is 17.6. The maximum Gasteiger partial charge on any atom is 0.411 e. The number of aryl methyl sites for hydroxylation is 1. The largest absolute Gasteiger partial charge is 0.465 e. The number of nitrogens with zero attached hydrogens (tertiary/aromatic N) is 5. The zero-order chi connectivity index (χ0) is 22.7. The number of ether oxygens (including phenoxy) is 1. The minimum Gasteiger partial charge on any atom is -0.465 e. The second-order valence-electron chi connectivity index (χ2n) is 7.92. The fourth-order valence-corrected chi connectivity index (χ4v) is 3.72. The van der Waals surface area contributed by atoms with E-state index in [1.54, 1.807) is 59.3 Å². The summed E-state index contributed by atoms with van der Waals surface area (Å²) in [6.45, 7) is 0.270. The van der Waals surface area contributed by atoms with Crippen molar-refractivity contribution < 1.29 is 19.0 Å². The highest BCUT2D eigenvalue weighted by atomic mass is 19.1. The van der Waals surface area contributed by atoms with Crippen LogP contribution < -0.4 is 10.3 Å². The third-order valence-corrected chi connectivity index (χ3v) is 5.49. The molecule has 0 saturated carbocycles. The van der Waals surface area contributed by atoms with E-state index in [0.717, 1.165) is 4.90 Å². The number of hydrogen-bond donors (Lipinski definition) is 1. The molecule has 1 aromatic carbocycles. The molecule has 1 fully saturated rings. The topological polar surface area (TPSA) is 102 Å². The van der Waals surface area contributed by atoms with Crippen LogP contribution in [0.15, 0.2) is 53.7 Å². The molecule has 0 aliphatic carbocycles. The van der Waals surface area contributed by atoms with E-state index in [0.29, 0.717) is 22.6 Å². The highest BCUT2D eigenvalue weighted by Gasteiger charge is 2.36. The molecule has 10 heteroatoms. The maximum atomic E-state index is 15.1. The second-order valence-corrected chi connectivity index (χ2v) is 7.92. The molecule has 0 radical (unpaired) electrons. The quantitative estimate of drug-likeness (QED) is 0.631. The molecule has 1 aliphatic rings. The van der Waals surface area contributed by atoms with Crippen LogP contribution in [0.5, 0.6) is 0 Å². The lowest BCUT2D eigenvalue weighted by atomic mass is 9.95. The second kappa shape index (κ2) is 8.91. The van der Waals surface area contributed by atoms with E-state index >= 15 is 4.39 Å². The van der Waals surface area contributed by atoms with E-state index in [1.165, 1.54) is 6.07 Å². The molecular formula is C22H24FN5O4. The fraction of sp³-hybridized carbons (Fsp3) is 0.364. The molecule has 0 bridgehead atoms. The van der Waals surface area contributed by atoms with Gasteiger partial charge in [0.1, 0.15) is 17.1 Å². The molecule has 32 heavy (non-hydrogen) atoms. The van der Waals surface area contributed by atoms with Crippen molar-refractivity contribution in [2.24, 2.45) is 7.05 Å². The highest BCUT2D eigenvalue weighted by Crippen LogP contribution is 2.29. The van der Waals surface area contributed by atoms with Crippen LogP contribution in [0.25, 0.3) is 5.69 Å². The smallest absolute Gasteiger partial charge is 0.411 e. The molecule has 1 N–H and O–H groups in total. The number of anilines is 1. The molecule has 1 saturated heterocycles. The summed E-state index contributed by atoms with van der Waals surface area (Å²) in [6.07, 6.45) is 4.25. The molecule has 0 spiro atoms. The summed E-state index contributed by atoms with van der Waals surface area (Å²) < 4.78 is 23.5. The summed E-state index contributed by atoms with van der Waals surface area (Å²) in [4.78, 5) is 25.3. The lowest BCUT2D eigenvalue weighted by Gasteiger charge is -2.33. The van der Waals surface area contributed by atoms with Gasteiger partial charge in [0.25, 0.3) is 0 Å². The minimum atomic E-state index is -1.63. The Morgan fingerprint density at radius 3 is 2.78 bits per heavy atom. The SMILES string of the molecule is Cn1cc(-n2ccc(=O)c(Cc3cccc(N(CC4(F)CCOCC4)C(=O)O)c3)n2)cn1. The van der Waals surface area contributed by atoms with Gasteiger partial charge in [-0.1, -0.05) is 12.1 Å². The van der Waals surface area contributed by atoms with E-state index in [-0.39, 0.29) is 44.4 Å². The molecule has 1 amide bonds. The first-order valence-electron chi connectivity index (χ1n) is 10.3. The number of benzene rings is 1. The first-order valence-corrected chi connectivity index (χ1v) is 10.3. The fourth-order valence-electron chi connectivity index (χ4n) is 3.72. The Morgan fingerprint density at radius 1 is 1.31 bits per heavy atom. The van der Waals surface area contributed by atoms with Crippen molar-refractivity contribution in [1.29, 1.82) is 0 Å². The minimum absolute atomic E-state index is 0.151. The Hall–Kier alpha value is -3.53. The standard InChI is InChI=1S/C22H24FN5O4/c1-26-14-18(13-24-26)28-8-5-20(29)19(25-28)12-16-3-2-4-17(11-16)27(21(30)31)15-22(23)6-9-32-10-7-22/h2-5,8,11,13-14H,6-7,9-10,12,15H2,1H3,(H,30,31). The van der Waals surface area contributed by atoms with E-state index < -0.39 is 11.8 Å². The summed E-state index contributed by atoms with van der Waals surface area (Å²) in [7, 11) is 1.79. The number of rotatable bonds is 6. The highest BCUT2D eigenvalue weighted by molar-refractivity contribution is 5.86. The van der Waals surface area contributed by atoms with Gasteiger partial charge in [0.15, 0.2) is 0 Å². The van der Waals surface area contributed by atoms with Crippen LogP contribution in [0.4, 0.5) is 14.9 Å². The molecule has 3 heterocycles. The van der Waals surface area contributed by atoms with Crippen molar-refractivity contribution in [2.45, 2.75) is 24.9 Å². The van der Waals surface area contributed by atoms with Crippen LogP contribution in [0.3, 0.4) is 0 Å². The molecule has 1 aliphatic heterocycles. The number of carboxylic acid groups (broad SMARTS) is 1. The average molecular weight is 441 g/mol. The van der Waals surface area contributed by atoms with Crippen molar-refractivity contribution >= 4 is 11.8 Å². The van der Waals surface area contributed by atoms with Gasteiger partial charge in [-0.3, -0.25) is 14.4 Å². The van der Waals surface area contributed by atoms with Crippen molar-refractivity contribution in [3.8, 4) is 5.69 Å². The normalized spacial score (nSPS) is 15.4. The number of amides is 1. The summed E-state index contributed by atoms with van der Waals surface area (Å²) in [5.74, 6) is 0. The van der Waals surface area contributed by atoms with Crippen molar-refractivity contribution in [3.63, 3.8) is 0 Å². The zero-order valence-electron chi connectivity index (χ0n) is 17.6. The predicted octanol–water partition coefficient (Wildman–Crippen LogP) is 2.56. The predicted molar refractivity (Wildman–Crippen MR) is 115 cm³/mol. The van der Waals surface area contributed by atoms with Crippen LogP contribution in [-0.2, 0) is 18.2 Å². The van der Waals surface area contributed by atoms with E-state index in [4.69, 9.17) is 4.74 Å². The molecule has 168 valence electrons. The van der Waals surface area contributed by atoms with Crippen molar-refractivity contribution in [1.82, 2.24) is 19.6 Å². The summed E-state index contributed by atoms with van der Waals surface area (Å²) >= 11 is 0. The van der Waals surface area contributed by atoms with Gasteiger partial charge in [-0.15, -0.1) is 0 Å². The number of halogens is 1. The molecule has 2 aromatic heterocycles. The lowest BCUT2D eigenvalue weighted by Crippen LogP contribution is -2.45. The van der Waals surface area contributed by atoms with Gasteiger partial charge in [0, 0.05) is 57.5 Å². The molecule has 0 atom stereocenters. The number of alkyl halides is 1. The van der Waals surface area contributed by atoms with Gasteiger partial charge >= 0.3 is 6.09 Å². The van der Waals surface area contributed by atoms with E-state index in [1.807, 2.05) is 0 Å². The monoisotopic (exact) mass is 441 g/mol. The van der Waals surface area contributed by atoms with Crippen molar-refractivity contribution in [3.05, 3.63) is 70.4 Å². The summed E-state index contributed by atoms with van der Waals surface area (Å²) in [5.41, 5.74) is 0.205. The third-order valence-electron chi connectivity index (χ3n) is 5.49. The van der Waals surface area contributed by atoms with Gasteiger partial charge < -0.3 is 9.84 Å². The third kappa shape index (κ3) is 4.86. The van der Waals surface area contributed by atoms with Crippen molar-refractivity contribution in [2.75, 3.05) is 24.7 Å². The first kappa shape index (κ1) is 21.7. The van der Waals surface area contributed by atoms with E-state index in [2.05, 4.69) is 10.2 Å². The summed E-state index contributed by atoms with van der Waals surface area (Å²) in [5, 5.41) is 18.2. The number of aromatic nitrogens is 4. The molecular weight excluding hydrogens is 417 g/mol. The Kier molecular flexibility index (Phi) is 6.04. The average Bonchev–Trinajstić information content (AvgIpc) is 3.20. The first-order chi connectivity index (χ1) is 15.3. The van der Waals surface area contributed by atoms with Crippen LogP contribution >= 0.6 is 0 Å². The Bertz CT molecular complexity index is 1170. The van der Waals surface area contributed by atoms with Gasteiger partial charge in [-0.05, 0) is 17.7 Å². The molecule has 0 unspecified atom stereocenters. The van der Waals surface area contributed by atoms with Crippen LogP contribution in [0.1, 0.15) is 24.1 Å². The van der Waals surface area contributed by atoms with Crippen LogP contribution in [0.2, 0.25) is 0 Å². The van der Waals surface area contributed by atoms with Gasteiger partial charge in [-0.25, -0.2) is 13.9 Å². The number of carbonyl (C=O) groups is 1. The molecule has 4 rings (SSSR count).